The molecule has 4 heteroatoms. The summed E-state index contributed by atoms with van der Waals surface area (Å²) in [4.78, 5) is 13.4. The minimum absolute atomic E-state index is 0.211. The zero-order valence-corrected chi connectivity index (χ0v) is 9.87. The molecule has 0 bridgehead atoms. The summed E-state index contributed by atoms with van der Waals surface area (Å²) in [6.07, 6.45) is 0.528. The van der Waals surface area contributed by atoms with Crippen LogP contribution >= 0.6 is 11.6 Å². The number of amides is 1. The van der Waals surface area contributed by atoms with E-state index < -0.39 is 6.10 Å². The van der Waals surface area contributed by atoms with Gasteiger partial charge in [0.05, 0.1) is 0 Å². The van der Waals surface area contributed by atoms with Gasteiger partial charge in [-0.05, 0) is 43.5 Å². The van der Waals surface area contributed by atoms with E-state index in [1.165, 1.54) is 0 Å². The molecule has 1 N–H and O–H groups in total. The maximum atomic E-state index is 11.8. The van der Waals surface area contributed by atoms with E-state index in [0.717, 1.165) is 17.7 Å². The van der Waals surface area contributed by atoms with E-state index >= 15 is 0 Å². The van der Waals surface area contributed by atoms with Gasteiger partial charge in [0.1, 0.15) is 6.10 Å². The van der Waals surface area contributed by atoms with Crippen LogP contribution in [0.15, 0.2) is 18.2 Å². The lowest BCUT2D eigenvalue weighted by Gasteiger charge is -2.31. The van der Waals surface area contributed by atoms with Gasteiger partial charge in [-0.1, -0.05) is 11.6 Å². The first-order valence-corrected chi connectivity index (χ1v) is 5.73. The van der Waals surface area contributed by atoms with Crippen LogP contribution in [0.25, 0.3) is 0 Å². The van der Waals surface area contributed by atoms with E-state index in [1.54, 1.807) is 11.0 Å². The average Bonchev–Trinajstić information content (AvgIpc) is 2.23. The fraction of sp³-hybridized carbons (Fsp3) is 0.417. The number of piperidine rings is 1. The molecule has 86 valence electrons. The van der Waals surface area contributed by atoms with Crippen LogP contribution in [0.3, 0.4) is 0 Å². The number of carbonyl (C=O) groups is 1. The summed E-state index contributed by atoms with van der Waals surface area (Å²) >= 11 is 5.87. The summed E-state index contributed by atoms with van der Waals surface area (Å²) in [7, 11) is 0. The fourth-order valence-corrected chi connectivity index (χ4v) is 2.24. The summed E-state index contributed by atoms with van der Waals surface area (Å²) < 4.78 is 0. The summed E-state index contributed by atoms with van der Waals surface area (Å²) in [5.41, 5.74) is 1.79. The molecule has 1 amide bonds. The van der Waals surface area contributed by atoms with Crippen LogP contribution in [0.5, 0.6) is 0 Å². The Kier molecular flexibility index (Phi) is 3.17. The Bertz CT molecular complexity index is 419. The van der Waals surface area contributed by atoms with Gasteiger partial charge in [0.15, 0.2) is 0 Å². The molecule has 1 aliphatic heterocycles. The van der Waals surface area contributed by atoms with E-state index in [-0.39, 0.29) is 5.91 Å². The second-order valence-corrected chi connectivity index (χ2v) is 4.52. The van der Waals surface area contributed by atoms with Crippen LogP contribution in [-0.2, 0) is 4.79 Å². The number of benzene rings is 1. The van der Waals surface area contributed by atoms with Crippen LogP contribution in [0, 0.1) is 6.92 Å². The predicted molar refractivity (Wildman–Crippen MR) is 63.8 cm³/mol. The highest BCUT2D eigenvalue weighted by Crippen LogP contribution is 2.26. The smallest absolute Gasteiger partial charge is 0.255 e. The second kappa shape index (κ2) is 4.44. The first kappa shape index (κ1) is 11.4. The molecular formula is C12H14ClNO2. The Hall–Kier alpha value is -1.06. The molecule has 0 radical (unpaired) electrons. The van der Waals surface area contributed by atoms with Gasteiger partial charge in [-0.2, -0.15) is 0 Å². The normalized spacial score (nSPS) is 21.3. The molecule has 1 aliphatic rings. The van der Waals surface area contributed by atoms with Crippen molar-refractivity contribution in [1.29, 1.82) is 0 Å². The van der Waals surface area contributed by atoms with Crippen molar-refractivity contribution in [1.82, 2.24) is 0 Å². The van der Waals surface area contributed by atoms with Gasteiger partial charge in [-0.3, -0.25) is 4.79 Å². The van der Waals surface area contributed by atoms with E-state index in [4.69, 9.17) is 11.6 Å². The Balaban J connectivity index is 2.32. The quantitative estimate of drug-likeness (QED) is 0.816. The number of carbonyl (C=O) groups excluding carboxylic acids is 1. The Morgan fingerprint density at radius 2 is 2.25 bits per heavy atom. The molecule has 0 aromatic heterocycles. The summed E-state index contributed by atoms with van der Waals surface area (Å²) in [6.45, 7) is 2.58. The number of hydrogen-bond donors (Lipinski definition) is 1. The molecule has 1 saturated heterocycles. The Labute approximate surface area is 99.6 Å². The SMILES string of the molecule is Cc1cc(Cl)ccc1N1CCCC(O)C1=O. The third kappa shape index (κ3) is 2.06. The number of aryl methyl sites for hydroxylation is 1. The Morgan fingerprint density at radius 3 is 2.94 bits per heavy atom. The topological polar surface area (TPSA) is 40.5 Å². The number of hydrogen-bond acceptors (Lipinski definition) is 2. The van der Waals surface area contributed by atoms with Gasteiger partial charge in [0, 0.05) is 17.3 Å². The van der Waals surface area contributed by atoms with Crippen LogP contribution in [-0.4, -0.2) is 23.7 Å². The number of rotatable bonds is 1. The third-order valence-corrected chi connectivity index (χ3v) is 3.10. The summed E-state index contributed by atoms with van der Waals surface area (Å²) in [6, 6.07) is 5.41. The average molecular weight is 240 g/mol. The van der Waals surface area contributed by atoms with E-state index in [9.17, 15) is 9.90 Å². The minimum atomic E-state index is -0.858. The van der Waals surface area contributed by atoms with Gasteiger partial charge in [-0.25, -0.2) is 0 Å². The monoisotopic (exact) mass is 239 g/mol. The van der Waals surface area contributed by atoms with E-state index in [1.807, 2.05) is 19.1 Å². The molecule has 2 rings (SSSR count). The first-order chi connectivity index (χ1) is 7.59. The largest absolute Gasteiger partial charge is 0.383 e. The number of aliphatic hydroxyl groups is 1. The van der Waals surface area contributed by atoms with E-state index in [0.29, 0.717) is 18.0 Å². The maximum Gasteiger partial charge on any atom is 0.255 e. The van der Waals surface area contributed by atoms with Crippen molar-refractivity contribution in [2.24, 2.45) is 0 Å². The van der Waals surface area contributed by atoms with Crippen molar-refractivity contribution in [3.8, 4) is 0 Å². The molecule has 1 heterocycles. The second-order valence-electron chi connectivity index (χ2n) is 4.08. The maximum absolute atomic E-state index is 11.8. The molecule has 1 fully saturated rings. The van der Waals surface area contributed by atoms with Gasteiger partial charge in [0.25, 0.3) is 5.91 Å². The van der Waals surface area contributed by atoms with Crippen molar-refractivity contribution < 1.29 is 9.90 Å². The predicted octanol–water partition coefficient (Wildman–Crippen LogP) is 2.14. The van der Waals surface area contributed by atoms with E-state index in [2.05, 4.69) is 0 Å². The third-order valence-electron chi connectivity index (χ3n) is 2.86. The number of nitrogens with zero attached hydrogens (tertiary/aromatic N) is 1. The molecule has 1 aromatic rings. The number of anilines is 1. The van der Waals surface area contributed by atoms with Crippen molar-refractivity contribution in [3.05, 3.63) is 28.8 Å². The van der Waals surface area contributed by atoms with Crippen LogP contribution in [0.2, 0.25) is 5.02 Å². The zero-order chi connectivity index (χ0) is 11.7. The zero-order valence-electron chi connectivity index (χ0n) is 9.11. The number of halogens is 1. The molecule has 1 atom stereocenters. The molecule has 1 unspecified atom stereocenters. The molecule has 0 spiro atoms. The lowest BCUT2D eigenvalue weighted by Crippen LogP contribution is -2.44. The van der Waals surface area contributed by atoms with Crippen LogP contribution in [0.4, 0.5) is 5.69 Å². The summed E-state index contributed by atoms with van der Waals surface area (Å²) in [5.74, 6) is -0.211. The van der Waals surface area contributed by atoms with Gasteiger partial charge < -0.3 is 10.0 Å². The van der Waals surface area contributed by atoms with Crippen molar-refractivity contribution >= 4 is 23.2 Å². The highest BCUT2D eigenvalue weighted by atomic mass is 35.5. The minimum Gasteiger partial charge on any atom is -0.383 e. The highest BCUT2D eigenvalue weighted by molar-refractivity contribution is 6.30. The van der Waals surface area contributed by atoms with Gasteiger partial charge in [0.2, 0.25) is 0 Å². The lowest BCUT2D eigenvalue weighted by atomic mass is 10.1. The fourth-order valence-electron chi connectivity index (χ4n) is 2.02. The van der Waals surface area contributed by atoms with Gasteiger partial charge >= 0.3 is 0 Å². The van der Waals surface area contributed by atoms with Crippen molar-refractivity contribution in [3.63, 3.8) is 0 Å². The Morgan fingerprint density at radius 1 is 1.50 bits per heavy atom. The molecule has 1 aromatic carbocycles. The van der Waals surface area contributed by atoms with Crippen LogP contribution in [0.1, 0.15) is 18.4 Å². The molecule has 0 saturated carbocycles. The number of aliphatic hydroxyl groups excluding tert-OH is 1. The lowest BCUT2D eigenvalue weighted by molar-refractivity contribution is -0.128. The van der Waals surface area contributed by atoms with Gasteiger partial charge in [-0.15, -0.1) is 0 Å². The molecular weight excluding hydrogens is 226 g/mol. The van der Waals surface area contributed by atoms with Crippen LogP contribution < -0.4 is 4.90 Å². The molecule has 3 nitrogen and oxygen atoms in total. The molecule has 16 heavy (non-hydrogen) atoms. The molecule has 0 aliphatic carbocycles. The summed E-state index contributed by atoms with van der Waals surface area (Å²) in [5, 5.41) is 10.2. The van der Waals surface area contributed by atoms with Crippen molar-refractivity contribution in [2.75, 3.05) is 11.4 Å². The van der Waals surface area contributed by atoms with Crippen molar-refractivity contribution in [2.45, 2.75) is 25.9 Å². The first-order valence-electron chi connectivity index (χ1n) is 5.35. The highest BCUT2D eigenvalue weighted by Gasteiger charge is 2.28. The standard InChI is InChI=1S/C12H14ClNO2/c1-8-7-9(13)4-5-10(8)14-6-2-3-11(15)12(14)16/h4-5,7,11,15H,2-3,6H2,1H3.